The second-order valence-corrected chi connectivity index (χ2v) is 6.67. The maximum absolute atomic E-state index is 12.6. The molecule has 4 amide bonds. The van der Waals surface area contributed by atoms with E-state index in [9.17, 15) is 14.4 Å². The Morgan fingerprint density at radius 3 is 2.64 bits per heavy atom. The summed E-state index contributed by atoms with van der Waals surface area (Å²) >= 11 is 0. The van der Waals surface area contributed by atoms with Crippen molar-refractivity contribution in [3.8, 4) is 5.75 Å². The largest absolute Gasteiger partial charge is 0.496 e. The van der Waals surface area contributed by atoms with Crippen molar-refractivity contribution in [3.05, 3.63) is 29.8 Å². The number of carbonyl (C=O) groups excluding carboxylic acids is 3. The van der Waals surface area contributed by atoms with E-state index in [0.717, 1.165) is 23.3 Å². The number of carbonyl (C=O) groups is 3. The molecule has 0 atom stereocenters. The topological polar surface area (TPSA) is 79.0 Å². The molecule has 3 rings (SSSR count). The SMILES string of the molecule is COc1ccccc1CN(C)C(=O)CN1C(=O)NC2(CCCC2)C1=O. The monoisotopic (exact) mass is 345 g/mol. The first kappa shape index (κ1) is 17.3. The minimum absolute atomic E-state index is 0.238. The van der Waals surface area contributed by atoms with E-state index in [1.54, 1.807) is 14.2 Å². The maximum Gasteiger partial charge on any atom is 0.325 e. The number of urea groups is 1. The minimum Gasteiger partial charge on any atom is -0.496 e. The smallest absolute Gasteiger partial charge is 0.325 e. The fourth-order valence-electron chi connectivity index (χ4n) is 3.57. The molecule has 1 saturated carbocycles. The summed E-state index contributed by atoms with van der Waals surface area (Å²) < 4.78 is 5.29. The van der Waals surface area contributed by atoms with Gasteiger partial charge in [0.05, 0.1) is 7.11 Å². The third-order valence-electron chi connectivity index (χ3n) is 5.02. The van der Waals surface area contributed by atoms with Crippen LogP contribution in [-0.2, 0) is 16.1 Å². The number of nitrogens with zero attached hydrogens (tertiary/aromatic N) is 2. The standard InChI is InChI=1S/C18H23N3O4/c1-20(11-13-7-3-4-8-14(13)25-2)15(22)12-21-16(23)18(19-17(21)24)9-5-6-10-18/h3-4,7-8H,5-6,9-12H2,1-2H3,(H,19,24). The van der Waals surface area contributed by atoms with Gasteiger partial charge in [0.1, 0.15) is 17.8 Å². The lowest BCUT2D eigenvalue weighted by atomic mass is 9.98. The Morgan fingerprint density at radius 2 is 1.96 bits per heavy atom. The average molecular weight is 345 g/mol. The number of rotatable bonds is 5. The third-order valence-corrected chi connectivity index (χ3v) is 5.02. The molecule has 1 saturated heterocycles. The molecule has 0 radical (unpaired) electrons. The number of imide groups is 1. The summed E-state index contributed by atoms with van der Waals surface area (Å²) in [6.45, 7) is 0.107. The van der Waals surface area contributed by atoms with Crippen LogP contribution in [0.25, 0.3) is 0 Å². The van der Waals surface area contributed by atoms with Gasteiger partial charge in [-0.05, 0) is 18.9 Å². The number of para-hydroxylation sites is 1. The molecule has 1 N–H and O–H groups in total. The fraction of sp³-hybridized carbons (Fsp3) is 0.500. The van der Waals surface area contributed by atoms with Crippen molar-refractivity contribution in [2.24, 2.45) is 0 Å². The quantitative estimate of drug-likeness (QED) is 0.821. The van der Waals surface area contributed by atoms with Crippen LogP contribution in [0.1, 0.15) is 31.2 Å². The summed E-state index contributed by atoms with van der Waals surface area (Å²) in [6.07, 6.45) is 3.14. The van der Waals surface area contributed by atoms with Crippen molar-refractivity contribution in [3.63, 3.8) is 0 Å². The Hall–Kier alpha value is -2.57. The van der Waals surface area contributed by atoms with Crippen LogP contribution in [0, 0.1) is 0 Å². The van der Waals surface area contributed by atoms with E-state index in [1.807, 2.05) is 24.3 Å². The molecule has 7 nitrogen and oxygen atoms in total. The van der Waals surface area contributed by atoms with Gasteiger partial charge in [0.2, 0.25) is 5.91 Å². The molecule has 0 bridgehead atoms. The molecule has 1 aromatic rings. The fourth-order valence-corrected chi connectivity index (χ4v) is 3.57. The second-order valence-electron chi connectivity index (χ2n) is 6.67. The van der Waals surface area contributed by atoms with Crippen molar-refractivity contribution >= 4 is 17.8 Å². The number of amides is 4. The van der Waals surface area contributed by atoms with Crippen molar-refractivity contribution < 1.29 is 19.1 Å². The lowest BCUT2D eigenvalue weighted by Gasteiger charge is -2.22. The molecular formula is C18H23N3O4. The Balaban J connectivity index is 1.65. The van der Waals surface area contributed by atoms with Crippen LogP contribution in [0.5, 0.6) is 5.75 Å². The van der Waals surface area contributed by atoms with Crippen molar-refractivity contribution in [1.29, 1.82) is 0 Å². The molecule has 1 aliphatic carbocycles. The first-order chi connectivity index (χ1) is 12.0. The number of nitrogens with one attached hydrogen (secondary N) is 1. The summed E-state index contributed by atoms with van der Waals surface area (Å²) in [6, 6.07) is 6.97. The van der Waals surface area contributed by atoms with Gasteiger partial charge in [0.15, 0.2) is 0 Å². The van der Waals surface area contributed by atoms with Crippen LogP contribution < -0.4 is 10.1 Å². The van der Waals surface area contributed by atoms with Gasteiger partial charge in [-0.2, -0.15) is 0 Å². The van der Waals surface area contributed by atoms with Gasteiger partial charge in [-0.25, -0.2) is 4.79 Å². The number of ether oxygens (including phenoxy) is 1. The average Bonchev–Trinajstić information content (AvgIpc) is 3.16. The van der Waals surface area contributed by atoms with E-state index >= 15 is 0 Å². The summed E-state index contributed by atoms with van der Waals surface area (Å²) in [5.41, 5.74) is 0.0868. The van der Waals surface area contributed by atoms with E-state index < -0.39 is 11.6 Å². The van der Waals surface area contributed by atoms with Crippen LogP contribution in [0.2, 0.25) is 0 Å². The van der Waals surface area contributed by atoms with E-state index in [0.29, 0.717) is 25.1 Å². The molecule has 1 spiro atoms. The lowest BCUT2D eigenvalue weighted by Crippen LogP contribution is -2.45. The zero-order valence-electron chi connectivity index (χ0n) is 14.6. The first-order valence-corrected chi connectivity index (χ1v) is 8.47. The third kappa shape index (κ3) is 3.18. The van der Waals surface area contributed by atoms with E-state index in [1.165, 1.54) is 4.90 Å². The van der Waals surface area contributed by atoms with Crippen molar-refractivity contribution in [2.75, 3.05) is 20.7 Å². The van der Waals surface area contributed by atoms with Crippen LogP contribution in [0.3, 0.4) is 0 Å². The van der Waals surface area contributed by atoms with Gasteiger partial charge < -0.3 is 15.0 Å². The molecule has 1 heterocycles. The molecule has 1 aliphatic heterocycles. The number of methoxy groups -OCH3 is 1. The Kier molecular flexibility index (Phi) is 4.65. The van der Waals surface area contributed by atoms with Gasteiger partial charge >= 0.3 is 6.03 Å². The number of benzene rings is 1. The molecule has 2 aliphatic rings. The van der Waals surface area contributed by atoms with Gasteiger partial charge in [-0.15, -0.1) is 0 Å². The molecule has 134 valence electrons. The van der Waals surface area contributed by atoms with Gasteiger partial charge in [-0.1, -0.05) is 31.0 Å². The number of hydrogen-bond donors (Lipinski definition) is 1. The van der Waals surface area contributed by atoms with Gasteiger partial charge in [0, 0.05) is 19.2 Å². The van der Waals surface area contributed by atoms with E-state index in [4.69, 9.17) is 4.74 Å². The molecule has 0 aromatic heterocycles. The highest BCUT2D eigenvalue weighted by atomic mass is 16.5. The lowest BCUT2D eigenvalue weighted by molar-refractivity contribution is -0.138. The zero-order chi connectivity index (χ0) is 18.0. The van der Waals surface area contributed by atoms with Crippen molar-refractivity contribution in [2.45, 2.75) is 37.8 Å². The highest BCUT2D eigenvalue weighted by molar-refractivity contribution is 6.09. The number of hydrogen-bond acceptors (Lipinski definition) is 4. The molecule has 2 fully saturated rings. The first-order valence-electron chi connectivity index (χ1n) is 8.47. The summed E-state index contributed by atoms with van der Waals surface area (Å²) in [5.74, 6) is 0.139. The van der Waals surface area contributed by atoms with Crippen molar-refractivity contribution in [1.82, 2.24) is 15.1 Å². The predicted molar refractivity (Wildman–Crippen MR) is 90.9 cm³/mol. The summed E-state index contributed by atoms with van der Waals surface area (Å²) in [5, 5.41) is 2.79. The Labute approximate surface area is 146 Å². The predicted octanol–water partition coefficient (Wildman–Crippen LogP) is 1.52. The Bertz CT molecular complexity index is 697. The number of likely N-dealkylation sites (N-methyl/N-ethyl adjacent to an activating group) is 1. The molecule has 7 heteroatoms. The summed E-state index contributed by atoms with van der Waals surface area (Å²) in [7, 11) is 3.23. The molecule has 1 aromatic carbocycles. The molecule has 25 heavy (non-hydrogen) atoms. The molecular weight excluding hydrogens is 322 g/mol. The molecule has 0 unspecified atom stereocenters. The van der Waals surface area contributed by atoms with E-state index in [-0.39, 0.29) is 18.4 Å². The maximum atomic E-state index is 12.6. The normalized spacial score (nSPS) is 18.6. The highest BCUT2D eigenvalue weighted by Gasteiger charge is 2.52. The van der Waals surface area contributed by atoms with Crippen LogP contribution >= 0.6 is 0 Å². The van der Waals surface area contributed by atoms with E-state index in [2.05, 4.69) is 5.32 Å². The highest BCUT2D eigenvalue weighted by Crippen LogP contribution is 2.35. The summed E-state index contributed by atoms with van der Waals surface area (Å²) in [4.78, 5) is 39.8. The zero-order valence-corrected chi connectivity index (χ0v) is 14.6. The minimum atomic E-state index is -0.779. The van der Waals surface area contributed by atoms with Crippen LogP contribution in [-0.4, -0.2) is 53.9 Å². The van der Waals surface area contributed by atoms with Crippen LogP contribution in [0.4, 0.5) is 4.79 Å². The second kappa shape index (κ2) is 6.74. The van der Waals surface area contributed by atoms with Gasteiger partial charge in [-0.3, -0.25) is 14.5 Å². The Morgan fingerprint density at radius 1 is 1.28 bits per heavy atom. The van der Waals surface area contributed by atoms with Gasteiger partial charge in [0.25, 0.3) is 5.91 Å². The van der Waals surface area contributed by atoms with Crippen LogP contribution in [0.15, 0.2) is 24.3 Å².